The summed E-state index contributed by atoms with van der Waals surface area (Å²) in [5.41, 5.74) is 0.207. The van der Waals surface area contributed by atoms with E-state index in [-0.39, 0.29) is 17.0 Å². The van der Waals surface area contributed by atoms with Crippen LogP contribution < -0.4 is 0 Å². The Bertz CT molecular complexity index is 556. The molecule has 2 aromatic rings. The number of hydrogen-bond acceptors (Lipinski definition) is 2. The van der Waals surface area contributed by atoms with E-state index in [0.717, 1.165) is 18.8 Å². The van der Waals surface area contributed by atoms with Gasteiger partial charge >= 0.3 is 0 Å². The molecule has 0 aliphatic heterocycles. The first kappa shape index (κ1) is 14.0. The fraction of sp³-hybridized carbons (Fsp3) is 0.357. The van der Waals surface area contributed by atoms with Gasteiger partial charge in [-0.05, 0) is 12.5 Å². The van der Waals surface area contributed by atoms with E-state index >= 15 is 0 Å². The number of nitrogens with zero attached hydrogens (tertiary/aromatic N) is 2. The average molecular weight is 283 g/mol. The Labute approximate surface area is 116 Å². The van der Waals surface area contributed by atoms with Crippen LogP contribution in [0.2, 0.25) is 5.02 Å². The molecule has 0 saturated heterocycles. The van der Waals surface area contributed by atoms with Crippen molar-refractivity contribution in [1.82, 2.24) is 9.55 Å². The zero-order valence-corrected chi connectivity index (χ0v) is 11.4. The van der Waals surface area contributed by atoms with Gasteiger partial charge < -0.3 is 9.67 Å². The van der Waals surface area contributed by atoms with Crippen LogP contribution in [0.1, 0.15) is 30.8 Å². The number of aliphatic hydroxyl groups excluding tert-OH is 1. The number of benzene rings is 1. The van der Waals surface area contributed by atoms with Gasteiger partial charge in [-0.25, -0.2) is 9.37 Å². The predicted molar refractivity (Wildman–Crippen MR) is 72.6 cm³/mol. The summed E-state index contributed by atoms with van der Waals surface area (Å²) in [5, 5.41) is 10.2. The van der Waals surface area contributed by atoms with E-state index in [4.69, 9.17) is 11.6 Å². The number of halogens is 2. The van der Waals surface area contributed by atoms with Gasteiger partial charge in [-0.2, -0.15) is 0 Å². The van der Waals surface area contributed by atoms with Crippen molar-refractivity contribution < 1.29 is 9.50 Å². The van der Waals surface area contributed by atoms with Crippen molar-refractivity contribution in [2.24, 2.45) is 0 Å². The molecular formula is C14H16ClFN2O. The molecule has 3 nitrogen and oxygen atoms in total. The first-order valence-electron chi connectivity index (χ1n) is 6.25. The van der Waals surface area contributed by atoms with Crippen LogP contribution in [-0.2, 0) is 13.0 Å². The topological polar surface area (TPSA) is 38.0 Å². The van der Waals surface area contributed by atoms with Crippen LogP contribution >= 0.6 is 11.6 Å². The van der Waals surface area contributed by atoms with E-state index in [1.807, 2.05) is 10.8 Å². The monoisotopic (exact) mass is 282 g/mol. The van der Waals surface area contributed by atoms with E-state index in [1.54, 1.807) is 18.3 Å². The maximum absolute atomic E-state index is 13.8. The van der Waals surface area contributed by atoms with Gasteiger partial charge in [0.2, 0.25) is 0 Å². The van der Waals surface area contributed by atoms with Gasteiger partial charge in [0.25, 0.3) is 0 Å². The van der Waals surface area contributed by atoms with Crippen LogP contribution in [0.5, 0.6) is 0 Å². The van der Waals surface area contributed by atoms with Crippen molar-refractivity contribution in [1.29, 1.82) is 0 Å². The van der Waals surface area contributed by atoms with Crippen molar-refractivity contribution >= 4 is 11.6 Å². The molecule has 0 radical (unpaired) electrons. The Hall–Kier alpha value is -1.39. The summed E-state index contributed by atoms with van der Waals surface area (Å²) in [4.78, 5) is 4.20. The van der Waals surface area contributed by atoms with Crippen LogP contribution in [0.15, 0.2) is 30.6 Å². The van der Waals surface area contributed by atoms with Crippen LogP contribution in [0.4, 0.5) is 4.39 Å². The van der Waals surface area contributed by atoms with Crippen molar-refractivity contribution in [3.63, 3.8) is 0 Å². The Morgan fingerprint density at radius 1 is 1.47 bits per heavy atom. The highest BCUT2D eigenvalue weighted by atomic mass is 35.5. The molecule has 0 spiro atoms. The van der Waals surface area contributed by atoms with Gasteiger partial charge in [0.15, 0.2) is 0 Å². The molecule has 1 unspecified atom stereocenters. The highest BCUT2D eigenvalue weighted by Crippen LogP contribution is 2.25. The molecule has 0 fully saturated rings. The van der Waals surface area contributed by atoms with E-state index in [0.29, 0.717) is 0 Å². The molecule has 102 valence electrons. The Kier molecular flexibility index (Phi) is 4.56. The normalized spacial score (nSPS) is 12.6. The van der Waals surface area contributed by atoms with E-state index in [1.165, 1.54) is 6.07 Å². The summed E-state index contributed by atoms with van der Waals surface area (Å²) < 4.78 is 15.8. The van der Waals surface area contributed by atoms with Crippen LogP contribution in [0, 0.1) is 5.82 Å². The SMILES string of the molecule is CCCn1ccnc1CC(O)c1cccc(Cl)c1F. The maximum atomic E-state index is 13.8. The zero-order valence-electron chi connectivity index (χ0n) is 10.7. The lowest BCUT2D eigenvalue weighted by molar-refractivity contribution is 0.169. The minimum Gasteiger partial charge on any atom is -0.388 e. The molecule has 1 heterocycles. The minimum absolute atomic E-state index is 0.0217. The van der Waals surface area contributed by atoms with Gasteiger partial charge in [0, 0.05) is 30.9 Å². The van der Waals surface area contributed by atoms with E-state index in [9.17, 15) is 9.50 Å². The lowest BCUT2D eigenvalue weighted by atomic mass is 10.1. The average Bonchev–Trinajstić information content (AvgIpc) is 2.80. The molecule has 1 aromatic carbocycles. The maximum Gasteiger partial charge on any atom is 0.147 e. The molecule has 0 bridgehead atoms. The Morgan fingerprint density at radius 3 is 3.00 bits per heavy atom. The van der Waals surface area contributed by atoms with Crippen molar-refractivity contribution in [3.05, 3.63) is 52.8 Å². The third-order valence-electron chi connectivity index (χ3n) is 2.98. The molecule has 1 aromatic heterocycles. The first-order chi connectivity index (χ1) is 9.13. The molecule has 0 aliphatic rings. The summed E-state index contributed by atoms with van der Waals surface area (Å²) in [6.45, 7) is 2.90. The molecule has 1 N–H and O–H groups in total. The molecule has 1 atom stereocenters. The highest BCUT2D eigenvalue weighted by Gasteiger charge is 2.17. The third kappa shape index (κ3) is 3.14. The Balaban J connectivity index is 2.18. The van der Waals surface area contributed by atoms with Crippen LogP contribution in [-0.4, -0.2) is 14.7 Å². The highest BCUT2D eigenvalue weighted by molar-refractivity contribution is 6.30. The summed E-state index contributed by atoms with van der Waals surface area (Å²) in [6.07, 6.45) is 3.85. The van der Waals surface area contributed by atoms with Crippen molar-refractivity contribution in [3.8, 4) is 0 Å². The summed E-state index contributed by atoms with van der Waals surface area (Å²) in [6, 6.07) is 4.63. The smallest absolute Gasteiger partial charge is 0.147 e. The van der Waals surface area contributed by atoms with E-state index < -0.39 is 11.9 Å². The Morgan fingerprint density at radius 2 is 2.26 bits per heavy atom. The minimum atomic E-state index is -0.947. The molecule has 2 rings (SSSR count). The fourth-order valence-electron chi connectivity index (χ4n) is 2.04. The van der Waals surface area contributed by atoms with E-state index in [2.05, 4.69) is 11.9 Å². The lowest BCUT2D eigenvalue weighted by Gasteiger charge is -2.13. The number of aromatic nitrogens is 2. The van der Waals surface area contributed by atoms with Gasteiger partial charge in [-0.3, -0.25) is 0 Å². The summed E-state index contributed by atoms with van der Waals surface area (Å²) in [5.74, 6) is 0.180. The number of aliphatic hydroxyl groups is 1. The molecule has 0 aliphatic carbocycles. The molecule has 19 heavy (non-hydrogen) atoms. The number of aryl methyl sites for hydroxylation is 1. The predicted octanol–water partition coefficient (Wildman–Crippen LogP) is 3.36. The first-order valence-corrected chi connectivity index (χ1v) is 6.63. The summed E-state index contributed by atoms with van der Waals surface area (Å²) in [7, 11) is 0. The zero-order chi connectivity index (χ0) is 13.8. The fourth-order valence-corrected chi connectivity index (χ4v) is 2.22. The van der Waals surface area contributed by atoms with Crippen LogP contribution in [0.3, 0.4) is 0 Å². The van der Waals surface area contributed by atoms with Gasteiger partial charge in [-0.1, -0.05) is 30.7 Å². The largest absolute Gasteiger partial charge is 0.388 e. The number of rotatable bonds is 5. The van der Waals surface area contributed by atoms with Crippen molar-refractivity contribution in [2.45, 2.75) is 32.4 Å². The standard InChI is InChI=1S/C14H16ClFN2O/c1-2-7-18-8-6-17-13(18)9-12(19)10-4-3-5-11(15)14(10)16/h3-6,8,12,19H,2,7,9H2,1H3. The van der Waals surface area contributed by atoms with Crippen LogP contribution in [0.25, 0.3) is 0 Å². The lowest BCUT2D eigenvalue weighted by Crippen LogP contribution is -2.10. The molecule has 5 heteroatoms. The van der Waals surface area contributed by atoms with Gasteiger partial charge in [0.1, 0.15) is 11.6 Å². The summed E-state index contributed by atoms with van der Waals surface area (Å²) >= 11 is 5.71. The molecular weight excluding hydrogens is 267 g/mol. The second-order valence-corrected chi connectivity index (χ2v) is 4.81. The molecule has 0 amide bonds. The van der Waals surface area contributed by atoms with Crippen molar-refractivity contribution in [2.75, 3.05) is 0 Å². The second kappa shape index (κ2) is 6.17. The molecule has 0 saturated carbocycles. The van der Waals surface area contributed by atoms with Gasteiger partial charge in [0.05, 0.1) is 11.1 Å². The quantitative estimate of drug-likeness (QED) is 0.913. The third-order valence-corrected chi connectivity index (χ3v) is 3.27. The number of hydrogen-bond donors (Lipinski definition) is 1. The van der Waals surface area contributed by atoms with Gasteiger partial charge in [-0.15, -0.1) is 0 Å². The second-order valence-electron chi connectivity index (χ2n) is 4.40. The number of imidazole rings is 1.